The Labute approximate surface area is 114 Å². The predicted molar refractivity (Wildman–Crippen MR) is 76.3 cm³/mol. The highest BCUT2D eigenvalue weighted by molar-refractivity contribution is 5.95. The lowest BCUT2D eigenvalue weighted by Gasteiger charge is -2.21. The van der Waals surface area contributed by atoms with E-state index in [-0.39, 0.29) is 5.91 Å². The molecule has 0 heterocycles. The summed E-state index contributed by atoms with van der Waals surface area (Å²) in [5, 5.41) is 0. The Morgan fingerprint density at radius 3 is 2.68 bits per heavy atom. The number of benzene rings is 1. The van der Waals surface area contributed by atoms with Crippen LogP contribution in [0.15, 0.2) is 18.2 Å². The second kappa shape index (κ2) is 5.95. The van der Waals surface area contributed by atoms with E-state index in [9.17, 15) is 4.79 Å². The van der Waals surface area contributed by atoms with Crippen LogP contribution in [-0.4, -0.2) is 31.5 Å². The van der Waals surface area contributed by atoms with Crippen LogP contribution >= 0.6 is 0 Å². The Kier molecular flexibility index (Phi) is 4.30. The van der Waals surface area contributed by atoms with E-state index >= 15 is 0 Å². The van der Waals surface area contributed by atoms with E-state index in [2.05, 4.69) is 0 Å². The van der Waals surface area contributed by atoms with Gasteiger partial charge in [0.05, 0.1) is 7.11 Å². The number of anilines is 1. The molecule has 0 radical (unpaired) electrons. The third-order valence-electron chi connectivity index (χ3n) is 3.77. The van der Waals surface area contributed by atoms with Gasteiger partial charge in [-0.15, -0.1) is 0 Å². The molecule has 19 heavy (non-hydrogen) atoms. The van der Waals surface area contributed by atoms with Crippen molar-refractivity contribution in [1.29, 1.82) is 0 Å². The minimum absolute atomic E-state index is 0.0116. The summed E-state index contributed by atoms with van der Waals surface area (Å²) in [5.74, 6) is 1.28. The molecule has 1 fully saturated rings. The molecule has 2 rings (SSSR count). The molecule has 0 atom stereocenters. The fourth-order valence-electron chi connectivity index (χ4n) is 2.75. The second-order valence-corrected chi connectivity index (χ2v) is 5.33. The number of methoxy groups -OCH3 is 1. The first-order valence-electron chi connectivity index (χ1n) is 6.80. The van der Waals surface area contributed by atoms with Gasteiger partial charge in [0.15, 0.2) is 0 Å². The standard InChI is InChI=1S/C15H22N2O2/c1-17(10-11-5-3-4-6-11)15(18)12-7-13(16)9-14(8-12)19-2/h7-9,11H,3-6,10,16H2,1-2H3. The summed E-state index contributed by atoms with van der Waals surface area (Å²) in [6, 6.07) is 5.16. The number of ether oxygens (including phenoxy) is 1. The molecular formula is C15H22N2O2. The molecule has 104 valence electrons. The highest BCUT2D eigenvalue weighted by atomic mass is 16.5. The molecule has 1 aliphatic rings. The predicted octanol–water partition coefficient (Wildman–Crippen LogP) is 2.54. The molecule has 2 N–H and O–H groups in total. The van der Waals surface area contributed by atoms with E-state index < -0.39 is 0 Å². The van der Waals surface area contributed by atoms with Gasteiger partial charge in [-0.3, -0.25) is 4.79 Å². The number of carbonyl (C=O) groups is 1. The highest BCUT2D eigenvalue weighted by Crippen LogP contribution is 2.26. The Bertz CT molecular complexity index is 453. The Hall–Kier alpha value is -1.71. The number of carbonyl (C=O) groups excluding carboxylic acids is 1. The summed E-state index contributed by atoms with van der Waals surface area (Å²) in [4.78, 5) is 14.2. The molecule has 0 aliphatic heterocycles. The quantitative estimate of drug-likeness (QED) is 0.848. The average molecular weight is 262 g/mol. The Morgan fingerprint density at radius 2 is 2.05 bits per heavy atom. The summed E-state index contributed by atoms with van der Waals surface area (Å²) < 4.78 is 5.15. The van der Waals surface area contributed by atoms with E-state index in [4.69, 9.17) is 10.5 Å². The maximum absolute atomic E-state index is 12.4. The lowest BCUT2D eigenvalue weighted by molar-refractivity contribution is 0.0773. The van der Waals surface area contributed by atoms with Gasteiger partial charge >= 0.3 is 0 Å². The molecule has 0 aromatic heterocycles. The van der Waals surface area contributed by atoms with Crippen LogP contribution in [0, 0.1) is 5.92 Å². The van der Waals surface area contributed by atoms with Crippen LogP contribution in [0.4, 0.5) is 5.69 Å². The van der Waals surface area contributed by atoms with Crippen LogP contribution in [0.5, 0.6) is 5.75 Å². The van der Waals surface area contributed by atoms with Gasteiger partial charge in [-0.05, 0) is 30.9 Å². The van der Waals surface area contributed by atoms with Gasteiger partial charge in [-0.2, -0.15) is 0 Å². The third-order valence-corrected chi connectivity index (χ3v) is 3.77. The van der Waals surface area contributed by atoms with E-state index in [1.54, 1.807) is 30.2 Å². The van der Waals surface area contributed by atoms with Gasteiger partial charge in [0.25, 0.3) is 5.91 Å². The van der Waals surface area contributed by atoms with Gasteiger partial charge in [-0.25, -0.2) is 0 Å². The zero-order valence-corrected chi connectivity index (χ0v) is 11.7. The van der Waals surface area contributed by atoms with Crippen molar-refractivity contribution in [3.05, 3.63) is 23.8 Å². The molecule has 1 saturated carbocycles. The van der Waals surface area contributed by atoms with Crippen LogP contribution in [-0.2, 0) is 0 Å². The highest BCUT2D eigenvalue weighted by Gasteiger charge is 2.20. The normalized spacial score (nSPS) is 15.5. The zero-order valence-electron chi connectivity index (χ0n) is 11.7. The summed E-state index contributed by atoms with van der Waals surface area (Å²) in [6.45, 7) is 0.829. The molecular weight excluding hydrogens is 240 g/mol. The van der Waals surface area contributed by atoms with Crippen molar-refractivity contribution < 1.29 is 9.53 Å². The minimum atomic E-state index is 0.0116. The van der Waals surface area contributed by atoms with Crippen molar-refractivity contribution in [3.8, 4) is 5.75 Å². The fraction of sp³-hybridized carbons (Fsp3) is 0.533. The second-order valence-electron chi connectivity index (χ2n) is 5.33. The number of rotatable bonds is 4. The van der Waals surface area contributed by atoms with Crippen LogP contribution in [0.3, 0.4) is 0 Å². The molecule has 0 bridgehead atoms. The summed E-state index contributed by atoms with van der Waals surface area (Å²) in [6.07, 6.45) is 5.05. The third kappa shape index (κ3) is 3.40. The van der Waals surface area contributed by atoms with Crippen molar-refractivity contribution >= 4 is 11.6 Å². The molecule has 0 unspecified atom stereocenters. The molecule has 1 aromatic carbocycles. The zero-order chi connectivity index (χ0) is 13.8. The molecule has 1 amide bonds. The number of nitrogen functional groups attached to an aromatic ring is 1. The first kappa shape index (κ1) is 13.7. The smallest absolute Gasteiger partial charge is 0.253 e. The summed E-state index contributed by atoms with van der Waals surface area (Å²) >= 11 is 0. The van der Waals surface area contributed by atoms with E-state index in [1.807, 2.05) is 7.05 Å². The van der Waals surface area contributed by atoms with E-state index in [0.29, 0.717) is 22.9 Å². The lowest BCUT2D eigenvalue weighted by Crippen LogP contribution is -2.31. The lowest BCUT2D eigenvalue weighted by atomic mass is 10.1. The molecule has 0 spiro atoms. The van der Waals surface area contributed by atoms with Gasteiger partial charge in [0.1, 0.15) is 5.75 Å². The van der Waals surface area contributed by atoms with Crippen molar-refractivity contribution in [3.63, 3.8) is 0 Å². The van der Waals surface area contributed by atoms with Crippen molar-refractivity contribution in [2.45, 2.75) is 25.7 Å². The number of amides is 1. The first-order chi connectivity index (χ1) is 9.10. The van der Waals surface area contributed by atoms with E-state index in [0.717, 1.165) is 6.54 Å². The van der Waals surface area contributed by atoms with Gasteiger partial charge in [-0.1, -0.05) is 12.8 Å². The van der Waals surface area contributed by atoms with Gasteiger partial charge in [0.2, 0.25) is 0 Å². The van der Waals surface area contributed by atoms with Crippen LogP contribution in [0.1, 0.15) is 36.0 Å². The van der Waals surface area contributed by atoms with Crippen molar-refractivity contribution in [1.82, 2.24) is 4.90 Å². The van der Waals surface area contributed by atoms with Crippen molar-refractivity contribution in [2.24, 2.45) is 5.92 Å². The Morgan fingerprint density at radius 1 is 1.37 bits per heavy atom. The molecule has 0 saturated heterocycles. The topological polar surface area (TPSA) is 55.6 Å². The van der Waals surface area contributed by atoms with E-state index in [1.165, 1.54) is 25.7 Å². The number of hydrogen-bond acceptors (Lipinski definition) is 3. The summed E-state index contributed by atoms with van der Waals surface area (Å²) in [7, 11) is 3.43. The number of hydrogen-bond donors (Lipinski definition) is 1. The van der Waals surface area contributed by atoms with Gasteiger partial charge in [0, 0.05) is 30.9 Å². The summed E-state index contributed by atoms with van der Waals surface area (Å²) in [5.41, 5.74) is 6.93. The minimum Gasteiger partial charge on any atom is -0.497 e. The first-order valence-corrected chi connectivity index (χ1v) is 6.80. The van der Waals surface area contributed by atoms with Gasteiger partial charge < -0.3 is 15.4 Å². The molecule has 4 heteroatoms. The molecule has 1 aromatic rings. The Balaban J connectivity index is 2.07. The number of nitrogens with zero attached hydrogens (tertiary/aromatic N) is 1. The largest absolute Gasteiger partial charge is 0.497 e. The molecule has 4 nitrogen and oxygen atoms in total. The monoisotopic (exact) mass is 262 g/mol. The fourth-order valence-corrected chi connectivity index (χ4v) is 2.75. The maximum Gasteiger partial charge on any atom is 0.253 e. The van der Waals surface area contributed by atoms with Crippen LogP contribution in [0.2, 0.25) is 0 Å². The average Bonchev–Trinajstić information content (AvgIpc) is 2.89. The van der Waals surface area contributed by atoms with Crippen LogP contribution in [0.25, 0.3) is 0 Å². The SMILES string of the molecule is COc1cc(N)cc(C(=O)N(C)CC2CCCC2)c1. The van der Waals surface area contributed by atoms with Crippen molar-refractivity contribution in [2.75, 3.05) is 26.4 Å². The maximum atomic E-state index is 12.4. The van der Waals surface area contributed by atoms with Crippen LogP contribution < -0.4 is 10.5 Å². The molecule has 1 aliphatic carbocycles. The number of nitrogens with two attached hydrogens (primary N) is 1.